The van der Waals surface area contributed by atoms with Crippen molar-refractivity contribution in [3.63, 3.8) is 0 Å². The van der Waals surface area contributed by atoms with Gasteiger partial charge in [-0.1, -0.05) is 12.1 Å². The van der Waals surface area contributed by atoms with E-state index in [0.717, 1.165) is 0 Å². The summed E-state index contributed by atoms with van der Waals surface area (Å²) in [6.07, 6.45) is 1.26. The Labute approximate surface area is 92.4 Å². The number of carboxylic acid groups (broad SMARTS) is 1. The van der Waals surface area contributed by atoms with Crippen LogP contribution in [-0.2, 0) is 9.59 Å². The Balaban J connectivity index is 3.19. The van der Waals surface area contributed by atoms with Crippen molar-refractivity contribution >= 4 is 17.8 Å². The molecule has 0 atom stereocenters. The standard InChI is InChI=1S/C12H9NO3/c1-8(14)11(12(15)16)6-9-3-2-4-10(5-9)7-13/h2-6H,1H3,(H,15,16)/b11-6-. The second-order valence-corrected chi connectivity index (χ2v) is 3.16. The van der Waals surface area contributed by atoms with Crippen LogP contribution in [0.25, 0.3) is 6.08 Å². The zero-order valence-electron chi connectivity index (χ0n) is 8.60. The Morgan fingerprint density at radius 1 is 1.44 bits per heavy atom. The van der Waals surface area contributed by atoms with Gasteiger partial charge in [0.15, 0.2) is 5.78 Å². The fourth-order valence-electron chi connectivity index (χ4n) is 1.18. The van der Waals surface area contributed by atoms with Gasteiger partial charge >= 0.3 is 5.97 Å². The number of nitriles is 1. The maximum absolute atomic E-state index is 11.0. The van der Waals surface area contributed by atoms with Crippen LogP contribution in [0.1, 0.15) is 18.1 Å². The van der Waals surface area contributed by atoms with Crippen molar-refractivity contribution < 1.29 is 14.7 Å². The van der Waals surface area contributed by atoms with Crippen molar-refractivity contribution in [1.29, 1.82) is 5.26 Å². The lowest BCUT2D eigenvalue weighted by Gasteiger charge is -1.98. The predicted octanol–water partition coefficient (Wildman–Crippen LogP) is 1.62. The van der Waals surface area contributed by atoms with Crippen LogP contribution in [0.3, 0.4) is 0 Å². The SMILES string of the molecule is CC(=O)/C(=C/c1cccc(C#N)c1)C(=O)O. The zero-order valence-corrected chi connectivity index (χ0v) is 8.60. The van der Waals surface area contributed by atoms with Gasteiger partial charge in [-0.25, -0.2) is 4.79 Å². The van der Waals surface area contributed by atoms with Crippen LogP contribution in [-0.4, -0.2) is 16.9 Å². The molecule has 1 aromatic carbocycles. The second kappa shape index (κ2) is 4.89. The van der Waals surface area contributed by atoms with Gasteiger partial charge in [-0.05, 0) is 30.7 Å². The molecule has 4 heteroatoms. The minimum atomic E-state index is -1.27. The summed E-state index contributed by atoms with van der Waals surface area (Å²) in [4.78, 5) is 21.8. The molecule has 1 N–H and O–H groups in total. The third-order valence-electron chi connectivity index (χ3n) is 1.94. The van der Waals surface area contributed by atoms with Gasteiger partial charge in [-0.15, -0.1) is 0 Å². The smallest absolute Gasteiger partial charge is 0.339 e. The van der Waals surface area contributed by atoms with Crippen molar-refractivity contribution in [2.24, 2.45) is 0 Å². The topological polar surface area (TPSA) is 78.2 Å². The van der Waals surface area contributed by atoms with Gasteiger partial charge in [0, 0.05) is 0 Å². The van der Waals surface area contributed by atoms with E-state index in [0.29, 0.717) is 11.1 Å². The summed E-state index contributed by atoms with van der Waals surface area (Å²) in [5.74, 6) is -1.79. The van der Waals surface area contributed by atoms with Crippen LogP contribution < -0.4 is 0 Å². The molecule has 0 heterocycles. The number of nitrogens with zero attached hydrogens (tertiary/aromatic N) is 1. The first-order chi connectivity index (χ1) is 7.54. The first-order valence-corrected chi connectivity index (χ1v) is 4.50. The number of carbonyl (C=O) groups excluding carboxylic acids is 1. The number of hydrogen-bond acceptors (Lipinski definition) is 3. The Bertz CT molecular complexity index is 493. The second-order valence-electron chi connectivity index (χ2n) is 3.16. The molecule has 16 heavy (non-hydrogen) atoms. The molecule has 0 radical (unpaired) electrons. The molecule has 0 unspecified atom stereocenters. The molecule has 4 nitrogen and oxygen atoms in total. The van der Waals surface area contributed by atoms with E-state index in [1.54, 1.807) is 18.2 Å². The highest BCUT2D eigenvalue weighted by Crippen LogP contribution is 2.10. The summed E-state index contributed by atoms with van der Waals surface area (Å²) >= 11 is 0. The van der Waals surface area contributed by atoms with Crippen molar-refractivity contribution in [3.05, 3.63) is 41.0 Å². The van der Waals surface area contributed by atoms with E-state index in [4.69, 9.17) is 10.4 Å². The molecule has 0 aliphatic rings. The van der Waals surface area contributed by atoms with Crippen LogP contribution >= 0.6 is 0 Å². The normalized spacial score (nSPS) is 10.6. The van der Waals surface area contributed by atoms with Crippen molar-refractivity contribution in [1.82, 2.24) is 0 Å². The largest absolute Gasteiger partial charge is 0.478 e. The number of carbonyl (C=O) groups is 2. The van der Waals surface area contributed by atoms with E-state index in [-0.39, 0.29) is 5.57 Å². The fraction of sp³-hybridized carbons (Fsp3) is 0.0833. The predicted molar refractivity (Wildman–Crippen MR) is 57.5 cm³/mol. The molecule has 0 aliphatic heterocycles. The summed E-state index contributed by atoms with van der Waals surface area (Å²) in [5, 5.41) is 17.4. The van der Waals surface area contributed by atoms with Crippen LogP contribution in [0.4, 0.5) is 0 Å². The summed E-state index contributed by atoms with van der Waals surface area (Å²) in [6.45, 7) is 1.19. The highest BCUT2D eigenvalue weighted by atomic mass is 16.4. The number of rotatable bonds is 3. The molecular formula is C12H9NO3. The van der Waals surface area contributed by atoms with E-state index in [9.17, 15) is 9.59 Å². The number of ketones is 1. The van der Waals surface area contributed by atoms with Gasteiger partial charge in [-0.3, -0.25) is 4.79 Å². The molecule has 0 bridgehead atoms. The van der Waals surface area contributed by atoms with Crippen molar-refractivity contribution in [2.45, 2.75) is 6.92 Å². The molecule has 0 saturated carbocycles. The van der Waals surface area contributed by atoms with Gasteiger partial charge in [0.05, 0.1) is 11.6 Å². The molecule has 1 aromatic rings. The first kappa shape index (κ1) is 11.7. The van der Waals surface area contributed by atoms with Gasteiger partial charge in [-0.2, -0.15) is 5.26 Å². The Hall–Kier alpha value is -2.41. The number of Topliss-reactive ketones (excluding diaryl/α,β-unsaturated/α-hetero) is 1. The van der Waals surface area contributed by atoms with Crippen LogP contribution in [0, 0.1) is 11.3 Å². The molecule has 0 fully saturated rings. The highest BCUT2D eigenvalue weighted by Gasteiger charge is 2.12. The highest BCUT2D eigenvalue weighted by molar-refractivity contribution is 6.19. The third kappa shape index (κ3) is 2.79. The average molecular weight is 215 g/mol. The Morgan fingerprint density at radius 2 is 2.12 bits per heavy atom. The van der Waals surface area contributed by atoms with Crippen molar-refractivity contribution in [3.8, 4) is 6.07 Å². The van der Waals surface area contributed by atoms with Crippen LogP contribution in [0.15, 0.2) is 29.8 Å². The van der Waals surface area contributed by atoms with Gasteiger partial charge in [0.1, 0.15) is 5.57 Å². The molecule has 0 saturated heterocycles. The summed E-state index contributed by atoms with van der Waals surface area (Å²) in [5.41, 5.74) is 0.642. The Morgan fingerprint density at radius 3 is 2.62 bits per heavy atom. The fourth-order valence-corrected chi connectivity index (χ4v) is 1.18. The summed E-state index contributed by atoms with van der Waals surface area (Å²) in [6, 6.07) is 8.32. The van der Waals surface area contributed by atoms with Crippen LogP contribution in [0.2, 0.25) is 0 Å². The lowest BCUT2D eigenvalue weighted by atomic mass is 10.1. The molecule has 0 amide bonds. The van der Waals surface area contributed by atoms with E-state index in [1.165, 1.54) is 19.1 Å². The lowest BCUT2D eigenvalue weighted by Crippen LogP contribution is -2.08. The van der Waals surface area contributed by atoms with Crippen LogP contribution in [0.5, 0.6) is 0 Å². The molecule has 0 aromatic heterocycles. The lowest BCUT2D eigenvalue weighted by molar-refractivity contribution is -0.134. The molecule has 80 valence electrons. The molecule has 0 spiro atoms. The monoisotopic (exact) mass is 215 g/mol. The number of aliphatic carboxylic acids is 1. The minimum Gasteiger partial charge on any atom is -0.478 e. The van der Waals surface area contributed by atoms with E-state index < -0.39 is 11.8 Å². The number of hydrogen-bond donors (Lipinski definition) is 1. The van der Waals surface area contributed by atoms with E-state index in [1.807, 2.05) is 6.07 Å². The third-order valence-corrected chi connectivity index (χ3v) is 1.94. The van der Waals surface area contributed by atoms with Gasteiger partial charge in [0.25, 0.3) is 0 Å². The molecule has 1 rings (SSSR count). The van der Waals surface area contributed by atoms with Crippen molar-refractivity contribution in [2.75, 3.05) is 0 Å². The maximum atomic E-state index is 11.0. The maximum Gasteiger partial charge on any atom is 0.339 e. The molecule has 0 aliphatic carbocycles. The van der Waals surface area contributed by atoms with Gasteiger partial charge < -0.3 is 5.11 Å². The Kier molecular flexibility index (Phi) is 3.57. The first-order valence-electron chi connectivity index (χ1n) is 4.50. The zero-order chi connectivity index (χ0) is 12.1. The van der Waals surface area contributed by atoms with E-state index >= 15 is 0 Å². The van der Waals surface area contributed by atoms with Gasteiger partial charge in [0.2, 0.25) is 0 Å². The average Bonchev–Trinajstić information content (AvgIpc) is 2.25. The van der Waals surface area contributed by atoms with E-state index in [2.05, 4.69) is 0 Å². The quantitative estimate of drug-likeness (QED) is 0.472. The number of benzene rings is 1. The molecular weight excluding hydrogens is 206 g/mol. The minimum absolute atomic E-state index is 0.296. The summed E-state index contributed by atoms with van der Waals surface area (Å²) in [7, 11) is 0. The summed E-state index contributed by atoms with van der Waals surface area (Å²) < 4.78 is 0. The number of carboxylic acids is 1.